The summed E-state index contributed by atoms with van der Waals surface area (Å²) in [5.41, 5.74) is -0.781. The average molecular weight is 234 g/mol. The van der Waals surface area contributed by atoms with Crippen molar-refractivity contribution in [3.63, 3.8) is 0 Å². The van der Waals surface area contributed by atoms with Crippen molar-refractivity contribution >= 4 is 15.7 Å². The predicted octanol–water partition coefficient (Wildman–Crippen LogP) is 0.712. The van der Waals surface area contributed by atoms with Crippen LogP contribution in [0.3, 0.4) is 0 Å². The monoisotopic (exact) mass is 234 g/mol. The molecule has 0 saturated carbocycles. The number of nitro groups is 1. The highest BCUT2D eigenvalue weighted by atomic mass is 32.2. The number of rotatable bonds is 3. The molecule has 2 N–H and O–H groups in total. The van der Waals surface area contributed by atoms with Crippen LogP contribution in [0, 0.1) is 10.1 Å². The third kappa shape index (κ3) is 2.48. The summed E-state index contributed by atoms with van der Waals surface area (Å²) in [5.74, 6) is 0. The van der Waals surface area contributed by atoms with Gasteiger partial charge in [0.1, 0.15) is 6.67 Å². The molecule has 15 heavy (non-hydrogen) atoms. The predicted molar refractivity (Wildman–Crippen MR) is 49.3 cm³/mol. The SMILES string of the molecule is NS(=O)(=O)c1ccc(CF)c([N+](=O)[O-])c1. The first-order chi connectivity index (χ1) is 6.86. The van der Waals surface area contributed by atoms with E-state index in [4.69, 9.17) is 5.14 Å². The molecule has 0 spiro atoms. The van der Waals surface area contributed by atoms with Gasteiger partial charge in [-0.2, -0.15) is 0 Å². The molecule has 0 bridgehead atoms. The summed E-state index contributed by atoms with van der Waals surface area (Å²) in [7, 11) is -4.01. The van der Waals surface area contributed by atoms with Crippen LogP contribution in [0.2, 0.25) is 0 Å². The molecule has 0 fully saturated rings. The van der Waals surface area contributed by atoms with Crippen molar-refractivity contribution in [3.8, 4) is 0 Å². The van der Waals surface area contributed by atoms with Crippen molar-refractivity contribution in [2.24, 2.45) is 5.14 Å². The van der Waals surface area contributed by atoms with E-state index < -0.39 is 32.2 Å². The fourth-order valence-electron chi connectivity index (χ4n) is 1.00. The molecular formula is C7H7FN2O4S. The van der Waals surface area contributed by atoms with Gasteiger partial charge in [-0.1, -0.05) is 0 Å². The molecule has 6 nitrogen and oxygen atoms in total. The van der Waals surface area contributed by atoms with Crippen molar-refractivity contribution in [1.29, 1.82) is 0 Å². The summed E-state index contributed by atoms with van der Waals surface area (Å²) in [6.45, 7) is -1.04. The summed E-state index contributed by atoms with van der Waals surface area (Å²) in [6.07, 6.45) is 0. The van der Waals surface area contributed by atoms with E-state index in [1.165, 1.54) is 0 Å². The van der Waals surface area contributed by atoms with Crippen molar-refractivity contribution < 1.29 is 17.7 Å². The molecule has 0 radical (unpaired) electrons. The second-order valence-electron chi connectivity index (χ2n) is 2.73. The molecule has 1 aromatic rings. The van der Waals surface area contributed by atoms with E-state index >= 15 is 0 Å². The number of hydrogen-bond acceptors (Lipinski definition) is 4. The molecular weight excluding hydrogens is 227 g/mol. The first-order valence-corrected chi connectivity index (χ1v) is 5.27. The minimum Gasteiger partial charge on any atom is -0.258 e. The lowest BCUT2D eigenvalue weighted by Gasteiger charge is -2.01. The van der Waals surface area contributed by atoms with Gasteiger partial charge in [0.05, 0.1) is 15.4 Å². The van der Waals surface area contributed by atoms with Crippen LogP contribution in [-0.2, 0) is 16.7 Å². The largest absolute Gasteiger partial charge is 0.276 e. The highest BCUT2D eigenvalue weighted by molar-refractivity contribution is 7.89. The van der Waals surface area contributed by atoms with E-state index in [1.54, 1.807) is 0 Å². The lowest BCUT2D eigenvalue weighted by Crippen LogP contribution is -2.12. The highest BCUT2D eigenvalue weighted by Crippen LogP contribution is 2.22. The Labute approximate surface area is 84.7 Å². The second kappa shape index (κ2) is 3.91. The van der Waals surface area contributed by atoms with E-state index in [-0.39, 0.29) is 5.56 Å². The summed E-state index contributed by atoms with van der Waals surface area (Å²) < 4.78 is 34.0. The topological polar surface area (TPSA) is 103 Å². The Kier molecular flexibility index (Phi) is 3.01. The molecule has 0 aliphatic heterocycles. The number of nitro benzene ring substituents is 1. The number of halogens is 1. The fraction of sp³-hybridized carbons (Fsp3) is 0.143. The zero-order valence-corrected chi connectivity index (χ0v) is 8.20. The maximum atomic E-state index is 12.3. The van der Waals surface area contributed by atoms with Crippen molar-refractivity contribution in [3.05, 3.63) is 33.9 Å². The number of nitrogens with zero attached hydrogens (tertiary/aromatic N) is 1. The molecule has 0 unspecified atom stereocenters. The molecule has 0 heterocycles. The summed E-state index contributed by atoms with van der Waals surface area (Å²) in [6, 6.07) is 2.79. The normalized spacial score (nSPS) is 11.3. The maximum Gasteiger partial charge on any atom is 0.276 e. The Morgan fingerprint density at radius 3 is 2.47 bits per heavy atom. The minimum absolute atomic E-state index is 0.188. The molecule has 1 rings (SSSR count). The molecule has 0 aliphatic rings. The van der Waals surface area contributed by atoms with Gasteiger partial charge >= 0.3 is 0 Å². The molecule has 0 aromatic heterocycles. The lowest BCUT2D eigenvalue weighted by molar-refractivity contribution is -0.385. The van der Waals surface area contributed by atoms with Crippen LogP contribution < -0.4 is 5.14 Å². The van der Waals surface area contributed by atoms with Crippen LogP contribution in [0.4, 0.5) is 10.1 Å². The van der Waals surface area contributed by atoms with E-state index in [0.29, 0.717) is 0 Å². The van der Waals surface area contributed by atoms with Gasteiger partial charge in [-0.3, -0.25) is 10.1 Å². The van der Waals surface area contributed by atoms with Gasteiger partial charge in [0.2, 0.25) is 10.0 Å². The van der Waals surface area contributed by atoms with Crippen molar-refractivity contribution in [2.75, 3.05) is 0 Å². The Hall–Kier alpha value is -1.54. The number of hydrogen-bond donors (Lipinski definition) is 1. The van der Waals surface area contributed by atoms with Crippen molar-refractivity contribution in [2.45, 2.75) is 11.6 Å². The molecule has 82 valence electrons. The van der Waals surface area contributed by atoms with Crippen LogP contribution in [0.5, 0.6) is 0 Å². The number of primary sulfonamides is 1. The van der Waals surface area contributed by atoms with Crippen LogP contribution in [-0.4, -0.2) is 13.3 Å². The lowest BCUT2D eigenvalue weighted by atomic mass is 10.2. The van der Waals surface area contributed by atoms with E-state index in [9.17, 15) is 22.9 Å². The molecule has 8 heteroatoms. The van der Waals surface area contributed by atoms with Crippen LogP contribution in [0.1, 0.15) is 5.56 Å². The maximum absolute atomic E-state index is 12.3. The molecule has 0 saturated heterocycles. The molecule has 1 aromatic carbocycles. The Bertz CT molecular complexity index is 500. The van der Waals surface area contributed by atoms with Crippen LogP contribution in [0.25, 0.3) is 0 Å². The van der Waals surface area contributed by atoms with Gasteiger partial charge in [-0.05, 0) is 12.1 Å². The fourth-order valence-corrected chi connectivity index (χ4v) is 1.54. The number of nitrogens with two attached hydrogens (primary N) is 1. The second-order valence-corrected chi connectivity index (χ2v) is 4.29. The van der Waals surface area contributed by atoms with E-state index in [0.717, 1.165) is 18.2 Å². The Morgan fingerprint density at radius 2 is 2.07 bits per heavy atom. The highest BCUT2D eigenvalue weighted by Gasteiger charge is 2.18. The Morgan fingerprint density at radius 1 is 1.47 bits per heavy atom. The number of benzene rings is 1. The summed E-state index contributed by atoms with van der Waals surface area (Å²) >= 11 is 0. The first kappa shape index (κ1) is 11.5. The molecule has 0 aliphatic carbocycles. The van der Waals surface area contributed by atoms with Gasteiger partial charge in [-0.15, -0.1) is 0 Å². The van der Waals surface area contributed by atoms with Crippen LogP contribution >= 0.6 is 0 Å². The summed E-state index contributed by atoms with van der Waals surface area (Å²) in [5, 5.41) is 15.2. The van der Waals surface area contributed by atoms with Gasteiger partial charge in [0.15, 0.2) is 0 Å². The summed E-state index contributed by atoms with van der Waals surface area (Å²) in [4.78, 5) is 9.19. The van der Waals surface area contributed by atoms with Gasteiger partial charge < -0.3 is 0 Å². The average Bonchev–Trinajstić information content (AvgIpc) is 2.15. The van der Waals surface area contributed by atoms with Crippen molar-refractivity contribution in [1.82, 2.24) is 0 Å². The van der Waals surface area contributed by atoms with Crippen LogP contribution in [0.15, 0.2) is 23.1 Å². The zero-order valence-electron chi connectivity index (χ0n) is 7.38. The first-order valence-electron chi connectivity index (χ1n) is 3.72. The van der Waals surface area contributed by atoms with Gasteiger partial charge in [-0.25, -0.2) is 17.9 Å². The number of alkyl halides is 1. The van der Waals surface area contributed by atoms with E-state index in [2.05, 4.69) is 0 Å². The zero-order chi connectivity index (χ0) is 11.6. The third-order valence-corrected chi connectivity index (χ3v) is 2.64. The third-order valence-electron chi connectivity index (χ3n) is 1.73. The van der Waals surface area contributed by atoms with E-state index in [1.807, 2.05) is 0 Å². The quantitative estimate of drug-likeness (QED) is 0.614. The smallest absolute Gasteiger partial charge is 0.258 e. The molecule has 0 amide bonds. The van der Waals surface area contributed by atoms with Gasteiger partial charge in [0.25, 0.3) is 5.69 Å². The molecule has 0 atom stereocenters. The van der Waals surface area contributed by atoms with Gasteiger partial charge in [0, 0.05) is 6.07 Å². The standard InChI is InChI=1S/C7H7FN2O4S/c8-4-5-1-2-6(15(9,13)14)3-7(5)10(11)12/h1-3H,4H2,(H2,9,13,14). The minimum atomic E-state index is -4.01. The Balaban J connectivity index is 3.42. The number of sulfonamides is 1.